The third-order valence-corrected chi connectivity index (χ3v) is 1.48. The van der Waals surface area contributed by atoms with Gasteiger partial charge in [0, 0.05) is 12.7 Å². The Morgan fingerprint density at radius 1 is 1.56 bits per heavy atom. The molecule has 1 heterocycles. The summed E-state index contributed by atoms with van der Waals surface area (Å²) >= 11 is 0. The van der Waals surface area contributed by atoms with E-state index in [9.17, 15) is 4.79 Å². The molecule has 0 aliphatic carbocycles. The molecule has 0 aliphatic heterocycles. The predicted molar refractivity (Wildman–Crippen MR) is 34.9 cm³/mol. The van der Waals surface area contributed by atoms with Crippen LogP contribution >= 0.6 is 0 Å². The van der Waals surface area contributed by atoms with Gasteiger partial charge >= 0.3 is 0 Å². The van der Waals surface area contributed by atoms with Gasteiger partial charge in [-0.05, 0) is 19.1 Å². The van der Waals surface area contributed by atoms with Crippen LogP contribution in [0.2, 0.25) is 0 Å². The molecule has 1 aromatic heterocycles. The van der Waals surface area contributed by atoms with Gasteiger partial charge in [-0.2, -0.15) is 0 Å². The van der Waals surface area contributed by atoms with E-state index in [0.29, 0.717) is 5.69 Å². The summed E-state index contributed by atoms with van der Waals surface area (Å²) in [6, 6.07) is 3.64. The fourth-order valence-electron chi connectivity index (χ4n) is 0.716. The molecule has 0 aromatic carbocycles. The van der Waals surface area contributed by atoms with Gasteiger partial charge in [-0.3, -0.25) is 4.79 Å². The minimum atomic E-state index is 0.604. The Bertz CT molecular complexity index is 225. The van der Waals surface area contributed by atoms with Gasteiger partial charge in [0.2, 0.25) is 0 Å². The Morgan fingerprint density at radius 3 is 2.44 bits per heavy atom. The summed E-state index contributed by atoms with van der Waals surface area (Å²) in [4.78, 5) is 10.1. The molecular formula is C7H8NO. The molecule has 9 heavy (non-hydrogen) atoms. The molecule has 0 saturated heterocycles. The number of hydrogen-bond acceptors (Lipinski definition) is 1. The quantitative estimate of drug-likeness (QED) is 0.539. The molecule has 0 aliphatic rings. The van der Waals surface area contributed by atoms with Gasteiger partial charge in [-0.25, -0.2) is 0 Å². The van der Waals surface area contributed by atoms with Crippen molar-refractivity contribution in [3.05, 3.63) is 23.5 Å². The number of aryl methyl sites for hydroxylation is 1. The van der Waals surface area contributed by atoms with Crippen molar-refractivity contribution in [3.8, 4) is 0 Å². The minimum Gasteiger partial charge on any atom is -0.345 e. The lowest BCUT2D eigenvalue weighted by Gasteiger charge is -1.94. The highest BCUT2D eigenvalue weighted by molar-refractivity contribution is 5.73. The van der Waals surface area contributed by atoms with Crippen LogP contribution in [0.4, 0.5) is 0 Å². The van der Waals surface area contributed by atoms with Crippen LogP contribution in [0, 0.1) is 6.92 Å². The lowest BCUT2D eigenvalue weighted by molar-refractivity contribution is 0.559. The normalized spacial score (nSPS) is 9.56. The maximum Gasteiger partial charge on any atom is 0.251 e. The molecule has 0 atom stereocenters. The van der Waals surface area contributed by atoms with Crippen LogP contribution in [0.5, 0.6) is 0 Å². The SMILES string of the molecule is Cc1ccc([C]=O)n1C. The van der Waals surface area contributed by atoms with Crippen molar-refractivity contribution in [3.63, 3.8) is 0 Å². The number of aromatic nitrogens is 1. The molecule has 2 nitrogen and oxygen atoms in total. The molecule has 0 unspecified atom stereocenters. The van der Waals surface area contributed by atoms with Crippen molar-refractivity contribution in [1.29, 1.82) is 0 Å². The third kappa shape index (κ3) is 0.875. The van der Waals surface area contributed by atoms with E-state index >= 15 is 0 Å². The zero-order chi connectivity index (χ0) is 6.85. The van der Waals surface area contributed by atoms with Crippen LogP contribution in [0.3, 0.4) is 0 Å². The minimum absolute atomic E-state index is 0.604. The predicted octanol–water partition coefficient (Wildman–Crippen LogP) is 0.791. The highest BCUT2D eigenvalue weighted by Gasteiger charge is 1.97. The first-order valence-corrected chi connectivity index (χ1v) is 2.76. The summed E-state index contributed by atoms with van der Waals surface area (Å²) in [7, 11) is 1.84. The topological polar surface area (TPSA) is 22.0 Å². The van der Waals surface area contributed by atoms with E-state index in [1.54, 1.807) is 10.6 Å². The number of nitrogens with zero attached hydrogens (tertiary/aromatic N) is 1. The molecular weight excluding hydrogens is 114 g/mol. The lowest BCUT2D eigenvalue weighted by atomic mass is 10.5. The second-order valence-corrected chi connectivity index (χ2v) is 2.02. The van der Waals surface area contributed by atoms with E-state index in [4.69, 9.17) is 0 Å². The van der Waals surface area contributed by atoms with Crippen LogP contribution in [0.25, 0.3) is 0 Å². The summed E-state index contributed by atoms with van der Waals surface area (Å²) in [6.07, 6.45) is 1.83. The molecule has 0 fully saturated rings. The average molecular weight is 122 g/mol. The zero-order valence-corrected chi connectivity index (χ0v) is 5.51. The maximum absolute atomic E-state index is 10.1. The summed E-state index contributed by atoms with van der Waals surface area (Å²) in [5.74, 6) is 0. The lowest BCUT2D eigenvalue weighted by Crippen LogP contribution is -1.95. The van der Waals surface area contributed by atoms with Gasteiger partial charge in [-0.15, -0.1) is 0 Å². The van der Waals surface area contributed by atoms with E-state index in [0.717, 1.165) is 5.69 Å². The first-order valence-electron chi connectivity index (χ1n) is 2.76. The molecule has 2 heteroatoms. The first kappa shape index (κ1) is 6.08. The second-order valence-electron chi connectivity index (χ2n) is 2.02. The van der Waals surface area contributed by atoms with Crippen molar-refractivity contribution < 1.29 is 4.79 Å². The molecule has 1 rings (SSSR count). The Balaban J connectivity index is 3.18. The maximum atomic E-state index is 10.1. The van der Waals surface area contributed by atoms with Crippen molar-refractivity contribution in [2.24, 2.45) is 7.05 Å². The number of rotatable bonds is 1. The van der Waals surface area contributed by atoms with Gasteiger partial charge < -0.3 is 4.57 Å². The van der Waals surface area contributed by atoms with Crippen molar-refractivity contribution in [2.45, 2.75) is 6.92 Å². The van der Waals surface area contributed by atoms with Gasteiger partial charge in [0.1, 0.15) is 0 Å². The van der Waals surface area contributed by atoms with E-state index in [1.165, 1.54) is 0 Å². The Kier molecular flexibility index (Phi) is 1.39. The summed E-state index contributed by atoms with van der Waals surface area (Å²) in [5, 5.41) is 0. The van der Waals surface area contributed by atoms with Gasteiger partial charge in [0.05, 0.1) is 5.69 Å². The summed E-state index contributed by atoms with van der Waals surface area (Å²) in [5.41, 5.74) is 1.68. The van der Waals surface area contributed by atoms with Crippen LogP contribution in [-0.2, 0) is 11.8 Å². The zero-order valence-electron chi connectivity index (χ0n) is 5.51. The number of carbonyl (C=O) groups excluding carboxylic acids is 1. The van der Waals surface area contributed by atoms with E-state index in [2.05, 4.69) is 0 Å². The standard InChI is InChI=1S/C7H8NO/c1-6-3-4-7(5-9)8(6)2/h3-4H,1-2H3. The van der Waals surface area contributed by atoms with E-state index in [1.807, 2.05) is 26.3 Å². The highest BCUT2D eigenvalue weighted by Crippen LogP contribution is 2.01. The molecule has 1 radical (unpaired) electrons. The van der Waals surface area contributed by atoms with Gasteiger partial charge in [0.25, 0.3) is 6.29 Å². The smallest absolute Gasteiger partial charge is 0.251 e. The Hall–Kier alpha value is -1.05. The summed E-state index contributed by atoms with van der Waals surface area (Å²) in [6.45, 7) is 1.95. The molecule has 47 valence electrons. The highest BCUT2D eigenvalue weighted by atomic mass is 16.1. The fraction of sp³-hybridized carbons (Fsp3) is 0.286. The van der Waals surface area contributed by atoms with Crippen LogP contribution < -0.4 is 0 Å². The molecule has 0 saturated carbocycles. The van der Waals surface area contributed by atoms with Gasteiger partial charge in [0.15, 0.2) is 0 Å². The molecule has 0 bridgehead atoms. The Labute approximate surface area is 54.1 Å². The molecule has 0 N–H and O–H groups in total. The Morgan fingerprint density at radius 2 is 2.22 bits per heavy atom. The van der Waals surface area contributed by atoms with Crippen molar-refractivity contribution >= 4 is 6.29 Å². The van der Waals surface area contributed by atoms with E-state index in [-0.39, 0.29) is 0 Å². The van der Waals surface area contributed by atoms with E-state index < -0.39 is 0 Å². The van der Waals surface area contributed by atoms with Crippen molar-refractivity contribution in [2.75, 3.05) is 0 Å². The largest absolute Gasteiger partial charge is 0.345 e. The van der Waals surface area contributed by atoms with Gasteiger partial charge in [-0.1, -0.05) is 0 Å². The molecule has 0 spiro atoms. The first-order chi connectivity index (χ1) is 4.25. The fourth-order valence-corrected chi connectivity index (χ4v) is 0.716. The third-order valence-electron chi connectivity index (χ3n) is 1.48. The molecule has 1 aromatic rings. The average Bonchev–Trinajstić information content (AvgIpc) is 2.15. The van der Waals surface area contributed by atoms with Crippen LogP contribution in [0.1, 0.15) is 11.4 Å². The molecule has 0 amide bonds. The van der Waals surface area contributed by atoms with Crippen molar-refractivity contribution in [1.82, 2.24) is 4.57 Å². The van der Waals surface area contributed by atoms with Crippen LogP contribution in [-0.4, -0.2) is 10.9 Å². The summed E-state index contributed by atoms with van der Waals surface area (Å²) < 4.78 is 1.80. The number of hydrogen-bond donors (Lipinski definition) is 0. The second kappa shape index (κ2) is 2.05. The monoisotopic (exact) mass is 122 g/mol. The van der Waals surface area contributed by atoms with Crippen LogP contribution in [0.15, 0.2) is 12.1 Å².